The molecule has 0 atom stereocenters. The summed E-state index contributed by atoms with van der Waals surface area (Å²) in [6, 6.07) is 7.84. The first-order chi connectivity index (χ1) is 18.6. The second-order valence-corrected chi connectivity index (χ2v) is 9.14. The van der Waals surface area contributed by atoms with Crippen molar-refractivity contribution in [2.45, 2.75) is 38.4 Å². The number of aliphatic hydroxyl groups is 1. The number of methoxy groups -OCH3 is 1. The Labute approximate surface area is 221 Å². The minimum Gasteiger partial charge on any atom is -0.497 e. The highest BCUT2D eigenvalue weighted by molar-refractivity contribution is 6.03. The molecule has 1 fully saturated rings. The number of rotatable bonds is 8. The molecule has 13 heteroatoms. The molecule has 3 heterocycles. The Morgan fingerprint density at radius 2 is 1.85 bits per heavy atom. The van der Waals surface area contributed by atoms with Crippen LogP contribution in [0.25, 0.3) is 16.6 Å². The highest BCUT2D eigenvalue weighted by Crippen LogP contribution is 2.31. The van der Waals surface area contributed by atoms with Crippen molar-refractivity contribution in [3.05, 3.63) is 52.1 Å². The van der Waals surface area contributed by atoms with E-state index in [9.17, 15) is 27.6 Å². The van der Waals surface area contributed by atoms with Gasteiger partial charge in [0.25, 0.3) is 11.5 Å². The summed E-state index contributed by atoms with van der Waals surface area (Å²) in [5.74, 6) is -1.07. The maximum Gasteiger partial charge on any atom is 0.422 e. The Balaban J connectivity index is 1.74. The number of aromatic nitrogens is 2. The van der Waals surface area contributed by atoms with E-state index in [1.807, 2.05) is 6.92 Å². The van der Waals surface area contributed by atoms with Gasteiger partial charge in [-0.05, 0) is 49.6 Å². The number of aliphatic hydroxyl groups excluding tert-OH is 1. The smallest absolute Gasteiger partial charge is 0.422 e. The summed E-state index contributed by atoms with van der Waals surface area (Å²) in [4.78, 5) is 42.9. The molecule has 1 saturated heterocycles. The molecule has 3 N–H and O–H groups in total. The number of benzene rings is 1. The fraction of sp³-hybridized carbons (Fsp3) is 0.423. The average molecular weight is 551 g/mol. The van der Waals surface area contributed by atoms with Crippen molar-refractivity contribution >= 4 is 22.7 Å². The van der Waals surface area contributed by atoms with Gasteiger partial charge in [-0.1, -0.05) is 6.92 Å². The third-order valence-corrected chi connectivity index (χ3v) is 6.62. The molecule has 39 heavy (non-hydrogen) atoms. The number of halogens is 3. The summed E-state index contributed by atoms with van der Waals surface area (Å²) in [5, 5.41) is 11.6. The van der Waals surface area contributed by atoms with Crippen LogP contribution >= 0.6 is 0 Å². The van der Waals surface area contributed by atoms with Crippen LogP contribution in [0, 0.1) is 0 Å². The minimum absolute atomic E-state index is 0.173. The van der Waals surface area contributed by atoms with E-state index in [1.165, 1.54) is 16.6 Å². The largest absolute Gasteiger partial charge is 0.497 e. The van der Waals surface area contributed by atoms with E-state index in [0.29, 0.717) is 49.5 Å². The van der Waals surface area contributed by atoms with Gasteiger partial charge in [0, 0.05) is 30.5 Å². The van der Waals surface area contributed by atoms with Gasteiger partial charge >= 0.3 is 6.18 Å². The van der Waals surface area contributed by atoms with E-state index >= 15 is 0 Å². The number of hydrogen-bond donors (Lipinski definition) is 3. The first-order valence-corrected chi connectivity index (χ1v) is 12.4. The van der Waals surface area contributed by atoms with Gasteiger partial charge in [0.1, 0.15) is 23.4 Å². The standard InChI is InChI=1S/C26H29F3N4O6/c1-3-16-12-19-21(25(37)33(16)17-4-6-18(38-2)7-5-17)23(39-14-26(27,28)29)22(31-19)24(36)30-15-8-10-32(11-9-15)20(35)13-34/h4-7,12,15,31,34H,3,8-11,13-14H2,1-2H3,(H,30,36). The molecular weight excluding hydrogens is 521 g/mol. The summed E-state index contributed by atoms with van der Waals surface area (Å²) in [5.41, 5.74) is 0.270. The summed E-state index contributed by atoms with van der Waals surface area (Å²) in [7, 11) is 1.50. The zero-order valence-electron chi connectivity index (χ0n) is 21.4. The minimum atomic E-state index is -4.71. The van der Waals surface area contributed by atoms with Crippen LogP contribution in [-0.2, 0) is 11.2 Å². The Hall–Kier alpha value is -4.00. The van der Waals surface area contributed by atoms with Crippen LogP contribution in [0.1, 0.15) is 35.9 Å². The van der Waals surface area contributed by atoms with Gasteiger partial charge in [0.15, 0.2) is 12.4 Å². The second-order valence-electron chi connectivity index (χ2n) is 9.14. The molecular formula is C26H29F3N4O6. The summed E-state index contributed by atoms with van der Waals surface area (Å²) in [6.45, 7) is 0.132. The first-order valence-electron chi connectivity index (χ1n) is 12.4. The van der Waals surface area contributed by atoms with Crippen LogP contribution in [0.2, 0.25) is 0 Å². The van der Waals surface area contributed by atoms with Gasteiger partial charge in [-0.3, -0.25) is 19.0 Å². The molecule has 0 unspecified atom stereocenters. The van der Waals surface area contributed by atoms with Gasteiger partial charge in [0.2, 0.25) is 5.91 Å². The molecule has 10 nitrogen and oxygen atoms in total. The van der Waals surface area contributed by atoms with Gasteiger partial charge in [-0.2, -0.15) is 13.2 Å². The van der Waals surface area contributed by atoms with Crippen molar-refractivity contribution in [1.82, 2.24) is 19.8 Å². The number of carbonyl (C=O) groups is 2. The van der Waals surface area contributed by atoms with Gasteiger partial charge in [-0.15, -0.1) is 0 Å². The van der Waals surface area contributed by atoms with Gasteiger partial charge in [-0.25, -0.2) is 0 Å². The Kier molecular flexibility index (Phi) is 8.19. The second kappa shape index (κ2) is 11.4. The number of carbonyl (C=O) groups excluding carboxylic acids is 2. The van der Waals surface area contributed by atoms with E-state index in [2.05, 4.69) is 10.3 Å². The molecule has 0 spiro atoms. The number of nitrogens with zero attached hydrogens (tertiary/aromatic N) is 2. The number of pyridine rings is 1. The average Bonchev–Trinajstić information content (AvgIpc) is 3.30. The number of nitrogens with one attached hydrogen (secondary N) is 2. The van der Waals surface area contributed by atoms with Crippen molar-refractivity contribution in [1.29, 1.82) is 0 Å². The van der Waals surface area contributed by atoms with E-state index in [-0.39, 0.29) is 22.6 Å². The number of likely N-dealkylation sites (tertiary alicyclic amines) is 1. The summed E-state index contributed by atoms with van der Waals surface area (Å²) in [6.07, 6.45) is -3.51. The van der Waals surface area contributed by atoms with Crippen LogP contribution in [0.5, 0.6) is 11.5 Å². The van der Waals surface area contributed by atoms with E-state index in [1.54, 1.807) is 30.3 Å². The molecule has 3 aromatic rings. The maximum atomic E-state index is 13.7. The monoisotopic (exact) mass is 550 g/mol. The van der Waals surface area contributed by atoms with Crippen LogP contribution < -0.4 is 20.3 Å². The highest BCUT2D eigenvalue weighted by Gasteiger charge is 2.33. The fourth-order valence-electron chi connectivity index (χ4n) is 4.66. The van der Waals surface area contributed by atoms with Crippen molar-refractivity contribution in [2.75, 3.05) is 33.4 Å². The lowest BCUT2D eigenvalue weighted by molar-refractivity contribution is -0.153. The molecule has 0 saturated carbocycles. The van der Waals surface area contributed by atoms with E-state index in [0.717, 1.165) is 0 Å². The summed E-state index contributed by atoms with van der Waals surface area (Å²) < 4.78 is 51.0. The van der Waals surface area contributed by atoms with Crippen LogP contribution in [-0.4, -0.2) is 77.0 Å². The SMILES string of the molecule is CCc1cc2[nH]c(C(=O)NC3CCN(C(=O)CO)CC3)c(OCC(F)(F)F)c2c(=O)n1-c1ccc(OC)cc1. The Bertz CT molecular complexity index is 1410. The molecule has 1 aromatic carbocycles. The zero-order valence-corrected chi connectivity index (χ0v) is 21.4. The van der Waals surface area contributed by atoms with Crippen molar-refractivity contribution in [3.8, 4) is 17.2 Å². The Morgan fingerprint density at radius 1 is 1.18 bits per heavy atom. The molecule has 1 aliphatic heterocycles. The third-order valence-electron chi connectivity index (χ3n) is 6.62. The highest BCUT2D eigenvalue weighted by atomic mass is 19.4. The molecule has 2 amide bonds. The van der Waals surface area contributed by atoms with Crippen LogP contribution in [0.3, 0.4) is 0 Å². The van der Waals surface area contributed by atoms with Gasteiger partial charge < -0.3 is 29.8 Å². The molecule has 210 valence electrons. The van der Waals surface area contributed by atoms with Crippen LogP contribution in [0.4, 0.5) is 13.2 Å². The predicted molar refractivity (Wildman–Crippen MR) is 136 cm³/mol. The third kappa shape index (κ3) is 6.03. The number of amides is 2. The normalized spacial score (nSPS) is 14.5. The molecule has 1 aliphatic rings. The van der Waals surface area contributed by atoms with E-state index in [4.69, 9.17) is 14.6 Å². The first kappa shape index (κ1) is 28.0. The number of hydrogen-bond acceptors (Lipinski definition) is 6. The maximum absolute atomic E-state index is 13.7. The quantitative estimate of drug-likeness (QED) is 0.396. The predicted octanol–water partition coefficient (Wildman–Crippen LogP) is 2.54. The number of aromatic amines is 1. The number of alkyl halides is 3. The number of aryl methyl sites for hydroxylation is 1. The van der Waals surface area contributed by atoms with Crippen molar-refractivity contribution in [2.24, 2.45) is 0 Å². The lowest BCUT2D eigenvalue weighted by Crippen LogP contribution is -2.47. The molecule has 0 bridgehead atoms. The zero-order chi connectivity index (χ0) is 28.3. The lowest BCUT2D eigenvalue weighted by atomic mass is 10.0. The number of H-pyrrole nitrogens is 1. The van der Waals surface area contributed by atoms with Crippen molar-refractivity contribution in [3.63, 3.8) is 0 Å². The number of piperidine rings is 1. The topological polar surface area (TPSA) is 126 Å². The lowest BCUT2D eigenvalue weighted by Gasteiger charge is -2.32. The fourth-order valence-corrected chi connectivity index (χ4v) is 4.66. The van der Waals surface area contributed by atoms with Gasteiger partial charge in [0.05, 0.1) is 12.6 Å². The number of ether oxygens (including phenoxy) is 2. The number of fused-ring (bicyclic) bond motifs is 1. The summed E-state index contributed by atoms with van der Waals surface area (Å²) >= 11 is 0. The molecule has 0 radical (unpaired) electrons. The molecule has 4 rings (SSSR count). The Morgan fingerprint density at radius 3 is 2.41 bits per heavy atom. The van der Waals surface area contributed by atoms with Crippen molar-refractivity contribution < 1.29 is 37.3 Å². The van der Waals surface area contributed by atoms with E-state index < -0.39 is 42.5 Å². The molecule has 2 aromatic heterocycles. The molecule has 0 aliphatic carbocycles. The van der Waals surface area contributed by atoms with Crippen LogP contribution in [0.15, 0.2) is 35.1 Å².